The Morgan fingerprint density at radius 1 is 1.21 bits per heavy atom. The fourth-order valence-electron chi connectivity index (χ4n) is 1.26. The maximum atomic E-state index is 2.27. The van der Waals surface area contributed by atoms with Crippen LogP contribution in [-0.4, -0.2) is 0 Å². The van der Waals surface area contributed by atoms with Crippen LogP contribution in [0.2, 0.25) is 0 Å². The van der Waals surface area contributed by atoms with Crippen LogP contribution in [0.5, 0.6) is 0 Å². The van der Waals surface area contributed by atoms with Gasteiger partial charge in [-0.05, 0) is 25.3 Å². The molecule has 0 amide bonds. The van der Waals surface area contributed by atoms with Gasteiger partial charge in [0.25, 0.3) is 0 Å². The summed E-state index contributed by atoms with van der Waals surface area (Å²) in [4.78, 5) is 0. The first-order valence-corrected chi connectivity index (χ1v) is 5.20. The summed E-state index contributed by atoms with van der Waals surface area (Å²) in [5.41, 5.74) is 2.72. The molecule has 0 aromatic heterocycles. The maximum Gasteiger partial charge on any atom is -0.00917 e. The Kier molecular flexibility index (Phi) is 4.77. The van der Waals surface area contributed by atoms with Crippen molar-refractivity contribution in [2.75, 3.05) is 0 Å². The Morgan fingerprint density at radius 3 is 2.57 bits per heavy atom. The molecule has 0 fully saturated rings. The first kappa shape index (κ1) is 10.8. The van der Waals surface area contributed by atoms with Gasteiger partial charge in [0.05, 0.1) is 0 Å². The van der Waals surface area contributed by atoms with Gasteiger partial charge in [0.15, 0.2) is 0 Å². The third-order valence-electron chi connectivity index (χ3n) is 2.12. The molecular formula is C14H18. The number of hydrogen-bond donors (Lipinski definition) is 0. The van der Waals surface area contributed by atoms with E-state index in [2.05, 4.69) is 62.4 Å². The zero-order chi connectivity index (χ0) is 10.2. The topological polar surface area (TPSA) is 0 Å². The van der Waals surface area contributed by atoms with Crippen LogP contribution >= 0.6 is 0 Å². The lowest BCUT2D eigenvalue weighted by molar-refractivity contribution is 1.20. The summed E-state index contributed by atoms with van der Waals surface area (Å²) in [6.07, 6.45) is 8.78. The molecule has 1 rings (SSSR count). The molecule has 0 N–H and O–H groups in total. The SMILES string of the molecule is CC/C=C\C(C)=C/Cc1ccccc1. The summed E-state index contributed by atoms with van der Waals surface area (Å²) in [7, 11) is 0. The van der Waals surface area contributed by atoms with Crippen LogP contribution in [-0.2, 0) is 6.42 Å². The van der Waals surface area contributed by atoms with Gasteiger partial charge < -0.3 is 0 Å². The molecule has 0 nitrogen and oxygen atoms in total. The van der Waals surface area contributed by atoms with Crippen LogP contribution in [0.25, 0.3) is 0 Å². The second kappa shape index (κ2) is 6.20. The van der Waals surface area contributed by atoms with Crippen LogP contribution in [0.15, 0.2) is 54.1 Å². The fourth-order valence-corrected chi connectivity index (χ4v) is 1.26. The number of benzene rings is 1. The molecule has 0 unspecified atom stereocenters. The molecule has 0 atom stereocenters. The highest BCUT2D eigenvalue weighted by Crippen LogP contribution is 2.04. The third kappa shape index (κ3) is 4.08. The lowest BCUT2D eigenvalue weighted by Crippen LogP contribution is -1.80. The number of hydrogen-bond acceptors (Lipinski definition) is 0. The maximum absolute atomic E-state index is 2.27. The molecule has 0 heterocycles. The number of allylic oxidation sites excluding steroid dienone is 4. The molecule has 0 spiro atoms. The number of rotatable bonds is 4. The van der Waals surface area contributed by atoms with Gasteiger partial charge in [-0.25, -0.2) is 0 Å². The Morgan fingerprint density at radius 2 is 1.93 bits per heavy atom. The van der Waals surface area contributed by atoms with Gasteiger partial charge in [-0.15, -0.1) is 0 Å². The Bertz CT molecular complexity index is 304. The molecule has 0 saturated carbocycles. The van der Waals surface area contributed by atoms with Crippen molar-refractivity contribution in [1.29, 1.82) is 0 Å². The summed E-state index contributed by atoms with van der Waals surface area (Å²) in [6.45, 7) is 4.30. The van der Waals surface area contributed by atoms with Crippen molar-refractivity contribution >= 4 is 0 Å². The van der Waals surface area contributed by atoms with Crippen LogP contribution in [0.4, 0.5) is 0 Å². The van der Waals surface area contributed by atoms with Crippen molar-refractivity contribution in [1.82, 2.24) is 0 Å². The van der Waals surface area contributed by atoms with Crippen molar-refractivity contribution in [3.05, 3.63) is 59.7 Å². The molecule has 1 aromatic carbocycles. The van der Waals surface area contributed by atoms with Crippen molar-refractivity contribution in [2.45, 2.75) is 26.7 Å². The summed E-state index contributed by atoms with van der Waals surface area (Å²) in [6, 6.07) is 10.5. The highest BCUT2D eigenvalue weighted by molar-refractivity contribution is 5.22. The summed E-state index contributed by atoms with van der Waals surface area (Å²) in [5.74, 6) is 0. The van der Waals surface area contributed by atoms with Gasteiger partial charge in [-0.2, -0.15) is 0 Å². The van der Waals surface area contributed by atoms with E-state index in [1.807, 2.05) is 0 Å². The zero-order valence-corrected chi connectivity index (χ0v) is 9.03. The zero-order valence-electron chi connectivity index (χ0n) is 9.03. The van der Waals surface area contributed by atoms with Crippen molar-refractivity contribution in [2.24, 2.45) is 0 Å². The Balaban J connectivity index is 2.51. The molecule has 0 aliphatic rings. The molecule has 0 aliphatic carbocycles. The minimum atomic E-state index is 1.03. The van der Waals surface area contributed by atoms with E-state index in [-0.39, 0.29) is 0 Å². The lowest BCUT2D eigenvalue weighted by atomic mass is 10.1. The van der Waals surface area contributed by atoms with Gasteiger partial charge in [0.1, 0.15) is 0 Å². The van der Waals surface area contributed by atoms with Crippen molar-refractivity contribution in [3.8, 4) is 0 Å². The molecule has 0 aliphatic heterocycles. The molecule has 14 heavy (non-hydrogen) atoms. The largest absolute Gasteiger partial charge is 0.0846 e. The van der Waals surface area contributed by atoms with Crippen molar-refractivity contribution < 1.29 is 0 Å². The van der Waals surface area contributed by atoms with E-state index in [0.29, 0.717) is 0 Å². The predicted molar refractivity (Wildman–Crippen MR) is 63.3 cm³/mol. The first-order valence-electron chi connectivity index (χ1n) is 5.20. The van der Waals surface area contributed by atoms with Crippen molar-refractivity contribution in [3.63, 3.8) is 0 Å². The van der Waals surface area contributed by atoms with E-state index >= 15 is 0 Å². The second-order valence-electron chi connectivity index (χ2n) is 3.45. The van der Waals surface area contributed by atoms with Gasteiger partial charge in [0, 0.05) is 0 Å². The minimum Gasteiger partial charge on any atom is -0.0846 e. The summed E-state index contributed by atoms with van der Waals surface area (Å²) < 4.78 is 0. The Labute approximate surface area is 87.0 Å². The van der Waals surface area contributed by atoms with E-state index in [0.717, 1.165) is 12.8 Å². The van der Waals surface area contributed by atoms with E-state index < -0.39 is 0 Å². The van der Waals surface area contributed by atoms with Gasteiger partial charge in [-0.1, -0.05) is 61.1 Å². The smallest absolute Gasteiger partial charge is 0.00917 e. The molecular weight excluding hydrogens is 168 g/mol. The quantitative estimate of drug-likeness (QED) is 0.620. The predicted octanol–water partition coefficient (Wildman–Crippen LogP) is 4.14. The normalized spacial score (nSPS) is 12.3. The molecule has 1 aromatic rings. The molecule has 0 bridgehead atoms. The molecule has 0 saturated heterocycles. The van der Waals surface area contributed by atoms with E-state index in [9.17, 15) is 0 Å². The van der Waals surface area contributed by atoms with E-state index in [1.54, 1.807) is 0 Å². The average Bonchev–Trinajstić information content (AvgIpc) is 2.25. The molecule has 0 radical (unpaired) electrons. The summed E-state index contributed by atoms with van der Waals surface area (Å²) in [5, 5.41) is 0. The fraction of sp³-hybridized carbons (Fsp3) is 0.286. The average molecular weight is 186 g/mol. The standard InChI is InChI=1S/C14H18/c1-3-4-8-13(2)11-12-14-9-6-5-7-10-14/h4-11H,3,12H2,1-2H3/b8-4-,13-11-. The minimum absolute atomic E-state index is 1.03. The Hall–Kier alpha value is -1.30. The molecule has 0 heteroatoms. The lowest BCUT2D eigenvalue weighted by Gasteiger charge is -1.96. The molecule has 74 valence electrons. The van der Waals surface area contributed by atoms with Gasteiger partial charge >= 0.3 is 0 Å². The first-order chi connectivity index (χ1) is 6.83. The second-order valence-corrected chi connectivity index (χ2v) is 3.45. The third-order valence-corrected chi connectivity index (χ3v) is 2.12. The van der Waals surface area contributed by atoms with Gasteiger partial charge in [0.2, 0.25) is 0 Å². The highest BCUT2D eigenvalue weighted by Gasteiger charge is 1.87. The van der Waals surface area contributed by atoms with E-state index in [1.165, 1.54) is 11.1 Å². The highest BCUT2D eigenvalue weighted by atomic mass is 13.9. The van der Waals surface area contributed by atoms with Crippen LogP contribution < -0.4 is 0 Å². The van der Waals surface area contributed by atoms with E-state index in [4.69, 9.17) is 0 Å². The van der Waals surface area contributed by atoms with Crippen LogP contribution in [0.1, 0.15) is 25.8 Å². The monoisotopic (exact) mass is 186 g/mol. The van der Waals surface area contributed by atoms with Crippen LogP contribution in [0, 0.1) is 0 Å². The van der Waals surface area contributed by atoms with Gasteiger partial charge in [-0.3, -0.25) is 0 Å². The summed E-state index contributed by atoms with van der Waals surface area (Å²) >= 11 is 0. The van der Waals surface area contributed by atoms with Crippen LogP contribution in [0.3, 0.4) is 0 Å².